The fourth-order valence-corrected chi connectivity index (χ4v) is 3.31. The molecule has 120 valence electrons. The van der Waals surface area contributed by atoms with E-state index in [0.29, 0.717) is 6.04 Å². The summed E-state index contributed by atoms with van der Waals surface area (Å²) in [6, 6.07) is 0.618. The second-order valence-corrected chi connectivity index (χ2v) is 7.86. The van der Waals surface area contributed by atoms with Crippen LogP contribution in [-0.4, -0.2) is 48.3 Å². The van der Waals surface area contributed by atoms with Gasteiger partial charge in [-0.15, -0.1) is 0 Å². The summed E-state index contributed by atoms with van der Waals surface area (Å²) in [6.07, 6.45) is 5.31. The first kappa shape index (κ1) is 17.9. The van der Waals surface area contributed by atoms with Crippen molar-refractivity contribution in [1.29, 1.82) is 0 Å². The van der Waals surface area contributed by atoms with Crippen molar-refractivity contribution in [3.63, 3.8) is 0 Å². The number of rotatable bonds is 8. The summed E-state index contributed by atoms with van der Waals surface area (Å²) in [7, 11) is 0. The Kier molecular flexibility index (Phi) is 6.96. The van der Waals surface area contributed by atoms with Crippen LogP contribution in [0.1, 0.15) is 67.2 Å². The molecule has 0 unspecified atom stereocenters. The fraction of sp³-hybridized carbons (Fsp3) is 1.00. The first-order chi connectivity index (χ1) is 9.20. The summed E-state index contributed by atoms with van der Waals surface area (Å²) in [4.78, 5) is 2.58. The Morgan fingerprint density at radius 1 is 0.950 bits per heavy atom. The fourth-order valence-electron chi connectivity index (χ4n) is 3.31. The largest absolute Gasteiger partial charge is 0.367 e. The van der Waals surface area contributed by atoms with Gasteiger partial charge in [0.05, 0.1) is 11.2 Å². The Bertz CT molecular complexity index is 258. The quantitative estimate of drug-likeness (QED) is 0.691. The molecule has 3 nitrogen and oxygen atoms in total. The molecule has 1 heterocycles. The van der Waals surface area contributed by atoms with Gasteiger partial charge < -0.3 is 10.1 Å². The number of morpholine rings is 1. The molecule has 20 heavy (non-hydrogen) atoms. The topological polar surface area (TPSA) is 24.5 Å². The van der Waals surface area contributed by atoms with Crippen molar-refractivity contribution in [2.75, 3.05) is 26.2 Å². The average molecular weight is 284 g/mol. The van der Waals surface area contributed by atoms with E-state index in [1.165, 1.54) is 32.2 Å². The maximum Gasteiger partial charge on any atom is 0.0760 e. The molecule has 0 atom stereocenters. The van der Waals surface area contributed by atoms with Crippen LogP contribution in [0.4, 0.5) is 0 Å². The van der Waals surface area contributed by atoms with Gasteiger partial charge in [0.2, 0.25) is 0 Å². The van der Waals surface area contributed by atoms with E-state index in [1.54, 1.807) is 0 Å². The molecule has 0 aromatic heterocycles. The van der Waals surface area contributed by atoms with Gasteiger partial charge in [0.25, 0.3) is 0 Å². The lowest BCUT2D eigenvalue weighted by atomic mass is 9.98. The van der Waals surface area contributed by atoms with Crippen LogP contribution in [0.5, 0.6) is 0 Å². The molecule has 1 saturated heterocycles. The molecule has 0 radical (unpaired) electrons. The van der Waals surface area contributed by atoms with Crippen LogP contribution < -0.4 is 5.32 Å². The minimum Gasteiger partial charge on any atom is -0.367 e. The van der Waals surface area contributed by atoms with Crippen molar-refractivity contribution in [2.24, 2.45) is 0 Å². The molecule has 1 aliphatic heterocycles. The molecule has 1 rings (SSSR count). The van der Waals surface area contributed by atoms with E-state index in [4.69, 9.17) is 4.74 Å². The van der Waals surface area contributed by atoms with Gasteiger partial charge in [0, 0.05) is 19.1 Å². The minimum absolute atomic E-state index is 0.0110. The Labute approximate surface area is 126 Å². The van der Waals surface area contributed by atoms with E-state index in [-0.39, 0.29) is 11.2 Å². The molecule has 1 aliphatic rings. The molecule has 0 amide bonds. The number of nitrogens with one attached hydrogen (secondary N) is 1. The molecule has 0 saturated carbocycles. The summed E-state index contributed by atoms with van der Waals surface area (Å²) in [5.74, 6) is 0. The highest BCUT2D eigenvalue weighted by molar-refractivity contribution is 4.88. The lowest BCUT2D eigenvalue weighted by Gasteiger charge is -2.47. The highest BCUT2D eigenvalue weighted by Crippen LogP contribution is 2.28. The predicted octanol–water partition coefficient (Wildman–Crippen LogP) is 3.43. The molecular weight excluding hydrogens is 248 g/mol. The van der Waals surface area contributed by atoms with Gasteiger partial charge in [-0.05, 0) is 53.6 Å². The zero-order chi connectivity index (χ0) is 15.2. The Morgan fingerprint density at radius 2 is 1.50 bits per heavy atom. The number of nitrogens with zero attached hydrogens (tertiary/aromatic N) is 1. The van der Waals surface area contributed by atoms with Gasteiger partial charge in [-0.25, -0.2) is 0 Å². The second kappa shape index (κ2) is 7.77. The lowest BCUT2D eigenvalue weighted by molar-refractivity contribution is -0.180. The van der Waals surface area contributed by atoms with Crippen LogP contribution in [0, 0.1) is 0 Å². The van der Waals surface area contributed by atoms with E-state index in [1.807, 2.05) is 0 Å². The highest BCUT2D eigenvalue weighted by Gasteiger charge is 2.37. The Balaban J connectivity index is 2.12. The Hall–Kier alpha value is -0.120. The van der Waals surface area contributed by atoms with Crippen molar-refractivity contribution in [3.8, 4) is 0 Å². The zero-order valence-electron chi connectivity index (χ0n) is 14.6. The molecule has 0 aliphatic carbocycles. The van der Waals surface area contributed by atoms with Crippen LogP contribution in [0.25, 0.3) is 0 Å². The minimum atomic E-state index is -0.0110. The molecule has 0 spiro atoms. The molecule has 0 aromatic carbocycles. The maximum atomic E-state index is 6.12. The third kappa shape index (κ3) is 7.61. The van der Waals surface area contributed by atoms with E-state index in [9.17, 15) is 0 Å². The normalized spacial score (nSPS) is 22.4. The highest BCUT2D eigenvalue weighted by atomic mass is 16.5. The van der Waals surface area contributed by atoms with E-state index >= 15 is 0 Å². The monoisotopic (exact) mass is 284 g/mol. The van der Waals surface area contributed by atoms with Gasteiger partial charge in [0.1, 0.15) is 0 Å². The van der Waals surface area contributed by atoms with E-state index in [2.05, 4.69) is 51.8 Å². The number of hydrogen-bond donors (Lipinski definition) is 1. The second-order valence-electron chi connectivity index (χ2n) is 7.86. The van der Waals surface area contributed by atoms with Crippen LogP contribution in [0.3, 0.4) is 0 Å². The van der Waals surface area contributed by atoms with Crippen molar-refractivity contribution >= 4 is 0 Å². The molecular formula is C17H36N2O. The van der Waals surface area contributed by atoms with Crippen LogP contribution in [-0.2, 0) is 4.74 Å². The standard InChI is InChI=1S/C17H36N2O/c1-15(2)18-11-9-7-8-10-12-19-13-16(3,4)20-17(5,6)14-19/h15,18H,7-14H2,1-6H3. The molecule has 3 heteroatoms. The van der Waals surface area contributed by atoms with E-state index < -0.39 is 0 Å². The van der Waals surface area contributed by atoms with Crippen molar-refractivity contribution in [2.45, 2.75) is 84.5 Å². The summed E-state index contributed by atoms with van der Waals surface area (Å²) >= 11 is 0. The van der Waals surface area contributed by atoms with Gasteiger partial charge in [-0.2, -0.15) is 0 Å². The van der Waals surface area contributed by atoms with Gasteiger partial charge in [-0.1, -0.05) is 26.7 Å². The summed E-state index contributed by atoms with van der Waals surface area (Å²) in [5, 5.41) is 3.48. The van der Waals surface area contributed by atoms with Crippen molar-refractivity contribution < 1.29 is 4.74 Å². The van der Waals surface area contributed by atoms with E-state index in [0.717, 1.165) is 19.6 Å². The van der Waals surface area contributed by atoms with Crippen LogP contribution >= 0.6 is 0 Å². The third-order valence-corrected chi connectivity index (χ3v) is 3.72. The summed E-state index contributed by atoms with van der Waals surface area (Å²) < 4.78 is 6.12. The van der Waals surface area contributed by atoms with Gasteiger partial charge in [-0.3, -0.25) is 4.90 Å². The first-order valence-corrected chi connectivity index (χ1v) is 8.36. The average Bonchev–Trinajstić information content (AvgIpc) is 2.22. The van der Waals surface area contributed by atoms with Crippen molar-refractivity contribution in [3.05, 3.63) is 0 Å². The van der Waals surface area contributed by atoms with Crippen LogP contribution in [0.2, 0.25) is 0 Å². The van der Waals surface area contributed by atoms with Gasteiger partial charge >= 0.3 is 0 Å². The maximum absolute atomic E-state index is 6.12. The van der Waals surface area contributed by atoms with Crippen LogP contribution in [0.15, 0.2) is 0 Å². The molecule has 1 N–H and O–H groups in total. The number of hydrogen-bond acceptors (Lipinski definition) is 3. The van der Waals surface area contributed by atoms with Crippen molar-refractivity contribution in [1.82, 2.24) is 10.2 Å². The first-order valence-electron chi connectivity index (χ1n) is 8.36. The van der Waals surface area contributed by atoms with Gasteiger partial charge in [0.15, 0.2) is 0 Å². The molecule has 1 fully saturated rings. The molecule has 0 aromatic rings. The SMILES string of the molecule is CC(C)NCCCCCCN1CC(C)(C)OC(C)(C)C1. The Morgan fingerprint density at radius 3 is 2.05 bits per heavy atom. The molecule has 0 bridgehead atoms. The smallest absolute Gasteiger partial charge is 0.0760 e. The zero-order valence-corrected chi connectivity index (χ0v) is 14.6. The lowest BCUT2D eigenvalue weighted by Crippen LogP contribution is -2.57. The predicted molar refractivity (Wildman–Crippen MR) is 87.3 cm³/mol. The third-order valence-electron chi connectivity index (χ3n) is 3.72. The number of ether oxygens (including phenoxy) is 1. The summed E-state index contributed by atoms with van der Waals surface area (Å²) in [5.41, 5.74) is -0.0220. The number of unbranched alkanes of at least 4 members (excludes halogenated alkanes) is 3. The summed E-state index contributed by atoms with van der Waals surface area (Å²) in [6.45, 7) is 17.7.